The number of rotatable bonds is 7. The van der Waals surface area contributed by atoms with Crippen LogP contribution in [0.15, 0.2) is 0 Å². The molecule has 106 valence electrons. The summed E-state index contributed by atoms with van der Waals surface area (Å²) in [7, 11) is 0. The Morgan fingerprint density at radius 2 is 2.32 bits per heavy atom. The van der Waals surface area contributed by atoms with Crippen LogP contribution in [0.3, 0.4) is 0 Å². The van der Waals surface area contributed by atoms with Crippen LogP contribution in [0.2, 0.25) is 0 Å². The van der Waals surface area contributed by atoms with Gasteiger partial charge in [0.15, 0.2) is 5.13 Å². The molecule has 0 saturated heterocycles. The Hall–Kier alpha value is -1.34. The third kappa shape index (κ3) is 4.36. The number of anilines is 2. The molecule has 19 heavy (non-hydrogen) atoms. The smallest absolute Gasteiger partial charge is 0.265 e. The molecule has 2 rings (SSSR count). The minimum atomic E-state index is -0.189. The molecule has 4 N–H and O–H groups in total. The van der Waals surface area contributed by atoms with Crippen LogP contribution in [-0.4, -0.2) is 36.2 Å². The van der Waals surface area contributed by atoms with E-state index in [-0.39, 0.29) is 17.8 Å². The molecule has 0 radical (unpaired) electrons. The lowest BCUT2D eigenvalue weighted by Crippen LogP contribution is -2.28. The zero-order valence-electron chi connectivity index (χ0n) is 11.2. The van der Waals surface area contributed by atoms with Gasteiger partial charge in [-0.05, 0) is 26.7 Å². The summed E-state index contributed by atoms with van der Waals surface area (Å²) in [6, 6.07) is 0.501. The van der Waals surface area contributed by atoms with Crippen LogP contribution in [0.5, 0.6) is 0 Å². The molecule has 0 atom stereocenters. The summed E-state index contributed by atoms with van der Waals surface area (Å²) < 4.78 is 5.35. The monoisotopic (exact) mass is 284 g/mol. The molecule has 1 aromatic heterocycles. The minimum absolute atomic E-state index is 0.166. The van der Waals surface area contributed by atoms with Gasteiger partial charge in [-0.25, -0.2) is 4.98 Å². The van der Waals surface area contributed by atoms with E-state index >= 15 is 0 Å². The third-order valence-corrected chi connectivity index (χ3v) is 3.60. The molecule has 1 saturated carbocycles. The van der Waals surface area contributed by atoms with Gasteiger partial charge in [-0.15, -0.1) is 0 Å². The maximum Gasteiger partial charge on any atom is 0.265 e. The van der Waals surface area contributed by atoms with E-state index in [1.807, 2.05) is 13.8 Å². The number of carbonyl (C=O) groups excluding carboxylic acids is 1. The molecule has 1 aliphatic carbocycles. The molecule has 1 aliphatic rings. The standard InChI is InChI=1S/C12H20N4O2S/c1-7(2)18-6-5-14-11(17)9-10(13)16-12(19-9)15-8-3-4-8/h7-8H,3-6,13H2,1-2H3,(H,14,17)(H,15,16). The number of hydrogen-bond donors (Lipinski definition) is 3. The molecule has 1 heterocycles. The molecular formula is C12H20N4O2S. The molecule has 1 amide bonds. The second-order valence-corrected chi connectivity index (χ2v) is 5.83. The van der Waals surface area contributed by atoms with Gasteiger partial charge in [0.25, 0.3) is 5.91 Å². The van der Waals surface area contributed by atoms with Crippen molar-refractivity contribution in [3.05, 3.63) is 4.88 Å². The zero-order chi connectivity index (χ0) is 13.8. The lowest BCUT2D eigenvalue weighted by Gasteiger charge is -2.07. The summed E-state index contributed by atoms with van der Waals surface area (Å²) in [4.78, 5) is 16.5. The minimum Gasteiger partial charge on any atom is -0.382 e. The highest BCUT2D eigenvalue weighted by molar-refractivity contribution is 7.18. The number of nitrogens with one attached hydrogen (secondary N) is 2. The van der Waals surface area contributed by atoms with Gasteiger partial charge in [0.05, 0.1) is 12.7 Å². The van der Waals surface area contributed by atoms with Gasteiger partial charge >= 0.3 is 0 Å². The number of nitrogens with two attached hydrogens (primary N) is 1. The van der Waals surface area contributed by atoms with E-state index in [0.29, 0.717) is 24.1 Å². The van der Waals surface area contributed by atoms with Gasteiger partial charge in [-0.3, -0.25) is 4.79 Å². The van der Waals surface area contributed by atoms with Crippen LogP contribution in [-0.2, 0) is 4.74 Å². The van der Waals surface area contributed by atoms with E-state index in [2.05, 4.69) is 15.6 Å². The SMILES string of the molecule is CC(C)OCCNC(=O)c1sc(NC2CC2)nc1N. The number of amides is 1. The fourth-order valence-electron chi connectivity index (χ4n) is 1.50. The van der Waals surface area contributed by atoms with Crippen molar-refractivity contribution in [3.8, 4) is 0 Å². The number of hydrogen-bond acceptors (Lipinski definition) is 6. The van der Waals surface area contributed by atoms with Crippen molar-refractivity contribution in [1.82, 2.24) is 10.3 Å². The van der Waals surface area contributed by atoms with Crippen LogP contribution >= 0.6 is 11.3 Å². The van der Waals surface area contributed by atoms with Gasteiger partial charge in [-0.2, -0.15) is 0 Å². The van der Waals surface area contributed by atoms with Gasteiger partial charge in [-0.1, -0.05) is 11.3 Å². The normalized spacial score (nSPS) is 14.7. The Labute approximate surface area is 116 Å². The highest BCUT2D eigenvalue weighted by Gasteiger charge is 2.24. The molecule has 0 unspecified atom stereocenters. The topological polar surface area (TPSA) is 89.3 Å². The Bertz CT molecular complexity index is 443. The maximum absolute atomic E-state index is 11.9. The van der Waals surface area contributed by atoms with Crippen LogP contribution in [0.1, 0.15) is 36.4 Å². The summed E-state index contributed by atoms with van der Waals surface area (Å²) >= 11 is 1.30. The molecule has 1 fully saturated rings. The molecular weight excluding hydrogens is 264 g/mol. The summed E-state index contributed by atoms with van der Waals surface area (Å²) in [5.74, 6) is 0.0987. The van der Waals surface area contributed by atoms with Crippen molar-refractivity contribution in [2.24, 2.45) is 0 Å². The average Bonchev–Trinajstić information content (AvgIpc) is 3.07. The van der Waals surface area contributed by atoms with Crippen LogP contribution in [0.4, 0.5) is 10.9 Å². The van der Waals surface area contributed by atoms with Crippen LogP contribution in [0, 0.1) is 0 Å². The highest BCUT2D eigenvalue weighted by atomic mass is 32.1. The maximum atomic E-state index is 11.9. The van der Waals surface area contributed by atoms with Crippen molar-refractivity contribution in [3.63, 3.8) is 0 Å². The lowest BCUT2D eigenvalue weighted by atomic mass is 10.4. The summed E-state index contributed by atoms with van der Waals surface area (Å²) in [5, 5.41) is 6.74. The molecule has 0 bridgehead atoms. The summed E-state index contributed by atoms with van der Waals surface area (Å²) in [6.07, 6.45) is 2.49. The van der Waals surface area contributed by atoms with E-state index < -0.39 is 0 Å². The highest BCUT2D eigenvalue weighted by Crippen LogP contribution is 2.30. The van der Waals surface area contributed by atoms with Crippen molar-refractivity contribution >= 4 is 28.2 Å². The number of aromatic nitrogens is 1. The fraction of sp³-hybridized carbons (Fsp3) is 0.667. The number of nitrogen functional groups attached to an aromatic ring is 1. The zero-order valence-corrected chi connectivity index (χ0v) is 12.0. The second kappa shape index (κ2) is 6.21. The Balaban J connectivity index is 1.82. The van der Waals surface area contributed by atoms with Crippen LogP contribution in [0.25, 0.3) is 0 Å². The first-order valence-corrected chi connectivity index (χ1v) is 7.30. The molecule has 0 spiro atoms. The van der Waals surface area contributed by atoms with Gasteiger partial charge in [0.2, 0.25) is 0 Å². The van der Waals surface area contributed by atoms with Crippen LogP contribution < -0.4 is 16.4 Å². The van der Waals surface area contributed by atoms with Crippen molar-refractivity contribution < 1.29 is 9.53 Å². The first-order chi connectivity index (χ1) is 9.06. The summed E-state index contributed by atoms with van der Waals surface area (Å²) in [5.41, 5.74) is 5.76. The van der Waals surface area contributed by atoms with E-state index in [9.17, 15) is 4.79 Å². The first-order valence-electron chi connectivity index (χ1n) is 6.49. The predicted octanol–water partition coefficient (Wildman–Crippen LogP) is 1.45. The number of nitrogens with zero attached hydrogens (tertiary/aromatic N) is 1. The first kappa shape index (κ1) is 14.1. The number of carbonyl (C=O) groups is 1. The van der Waals surface area contributed by atoms with Crippen molar-refractivity contribution in [1.29, 1.82) is 0 Å². The molecule has 1 aromatic rings. The Morgan fingerprint density at radius 1 is 1.58 bits per heavy atom. The van der Waals surface area contributed by atoms with Gasteiger partial charge in [0.1, 0.15) is 10.7 Å². The Morgan fingerprint density at radius 3 is 2.95 bits per heavy atom. The fourth-order valence-corrected chi connectivity index (χ4v) is 2.38. The predicted molar refractivity (Wildman–Crippen MR) is 76.6 cm³/mol. The van der Waals surface area contributed by atoms with Gasteiger partial charge < -0.3 is 21.1 Å². The average molecular weight is 284 g/mol. The quantitative estimate of drug-likeness (QED) is 0.660. The number of thiazole rings is 1. The second-order valence-electron chi connectivity index (χ2n) is 4.83. The molecule has 0 aliphatic heterocycles. The van der Waals surface area contributed by atoms with E-state index in [4.69, 9.17) is 10.5 Å². The molecule has 0 aromatic carbocycles. The van der Waals surface area contributed by atoms with Gasteiger partial charge in [0, 0.05) is 12.6 Å². The Kier molecular flexibility index (Phi) is 4.60. The molecule has 6 nitrogen and oxygen atoms in total. The van der Waals surface area contributed by atoms with Crippen molar-refractivity contribution in [2.75, 3.05) is 24.2 Å². The lowest BCUT2D eigenvalue weighted by molar-refractivity contribution is 0.0748. The summed E-state index contributed by atoms with van der Waals surface area (Å²) in [6.45, 7) is 4.88. The largest absolute Gasteiger partial charge is 0.382 e. The van der Waals surface area contributed by atoms with E-state index in [1.165, 1.54) is 11.3 Å². The molecule has 7 heteroatoms. The van der Waals surface area contributed by atoms with E-state index in [1.54, 1.807) is 0 Å². The number of ether oxygens (including phenoxy) is 1. The van der Waals surface area contributed by atoms with E-state index in [0.717, 1.165) is 18.0 Å². The third-order valence-electron chi connectivity index (χ3n) is 2.60. The van der Waals surface area contributed by atoms with Crippen molar-refractivity contribution in [2.45, 2.75) is 38.8 Å².